The number of carboxylic acid groups (broad SMARTS) is 1. The lowest BCUT2D eigenvalue weighted by Crippen LogP contribution is -2.43. The minimum absolute atomic E-state index is 0.0436. The number of aromatic hydroxyl groups is 1. The maximum absolute atomic E-state index is 12.3. The summed E-state index contributed by atoms with van der Waals surface area (Å²) in [6.45, 7) is -1.36. The summed E-state index contributed by atoms with van der Waals surface area (Å²) in [5, 5.41) is 19.9. The standard InChI is InChI=1S/C12H12FNO5/c13-6-10(16)9(5-11(17)18)14-12(19)7-2-1-3-8(15)4-7/h1-4,9,15H,5-6H2,(H,14,19)(H,17,18). The van der Waals surface area contributed by atoms with Crippen LogP contribution < -0.4 is 5.32 Å². The first kappa shape index (κ1) is 14.6. The van der Waals surface area contributed by atoms with Crippen molar-refractivity contribution in [1.82, 2.24) is 5.32 Å². The van der Waals surface area contributed by atoms with E-state index in [0.29, 0.717) is 0 Å². The molecule has 0 saturated heterocycles. The van der Waals surface area contributed by atoms with Crippen LogP contribution in [0.25, 0.3) is 0 Å². The molecule has 0 aromatic heterocycles. The predicted molar refractivity (Wildman–Crippen MR) is 62.6 cm³/mol. The highest BCUT2D eigenvalue weighted by Crippen LogP contribution is 2.11. The number of alkyl halides is 1. The number of nitrogens with one attached hydrogen (secondary N) is 1. The monoisotopic (exact) mass is 269 g/mol. The molecule has 0 aliphatic rings. The van der Waals surface area contributed by atoms with Crippen LogP contribution in [-0.2, 0) is 9.59 Å². The van der Waals surface area contributed by atoms with E-state index in [0.717, 1.165) is 6.07 Å². The molecular weight excluding hydrogens is 257 g/mol. The molecule has 1 rings (SSSR count). The van der Waals surface area contributed by atoms with Crippen LogP contribution in [-0.4, -0.2) is 40.6 Å². The van der Waals surface area contributed by atoms with Gasteiger partial charge >= 0.3 is 5.97 Å². The third-order valence-electron chi connectivity index (χ3n) is 2.31. The molecule has 102 valence electrons. The number of phenolic OH excluding ortho intramolecular Hbond substituents is 1. The number of carboxylic acids is 1. The maximum atomic E-state index is 12.3. The number of rotatable bonds is 6. The van der Waals surface area contributed by atoms with E-state index in [-0.39, 0.29) is 11.3 Å². The second-order valence-corrected chi connectivity index (χ2v) is 3.77. The fraction of sp³-hybridized carbons (Fsp3) is 0.250. The molecule has 0 spiro atoms. The van der Waals surface area contributed by atoms with E-state index in [1.807, 2.05) is 0 Å². The van der Waals surface area contributed by atoms with E-state index in [1.165, 1.54) is 18.2 Å². The summed E-state index contributed by atoms with van der Waals surface area (Å²) in [6, 6.07) is 3.84. The van der Waals surface area contributed by atoms with Crippen LogP contribution in [0.4, 0.5) is 4.39 Å². The van der Waals surface area contributed by atoms with Gasteiger partial charge in [-0.25, -0.2) is 4.39 Å². The van der Waals surface area contributed by atoms with Crippen molar-refractivity contribution in [2.24, 2.45) is 0 Å². The van der Waals surface area contributed by atoms with Gasteiger partial charge in [-0.1, -0.05) is 6.07 Å². The van der Waals surface area contributed by atoms with E-state index in [9.17, 15) is 23.9 Å². The van der Waals surface area contributed by atoms with Crippen molar-refractivity contribution in [1.29, 1.82) is 0 Å². The minimum Gasteiger partial charge on any atom is -0.508 e. The molecule has 0 aliphatic heterocycles. The van der Waals surface area contributed by atoms with Crippen molar-refractivity contribution >= 4 is 17.7 Å². The number of hydrogen-bond acceptors (Lipinski definition) is 4. The first-order valence-electron chi connectivity index (χ1n) is 5.34. The Morgan fingerprint density at radius 1 is 1.32 bits per heavy atom. The van der Waals surface area contributed by atoms with Crippen molar-refractivity contribution in [3.63, 3.8) is 0 Å². The number of benzene rings is 1. The lowest BCUT2D eigenvalue weighted by Gasteiger charge is -2.14. The summed E-state index contributed by atoms with van der Waals surface area (Å²) in [6.07, 6.45) is -0.701. The fourth-order valence-corrected chi connectivity index (χ4v) is 1.40. The number of halogens is 1. The molecule has 0 aliphatic carbocycles. The van der Waals surface area contributed by atoms with Gasteiger partial charge in [-0.15, -0.1) is 0 Å². The number of Topliss-reactive ketones (excluding diaryl/α,β-unsaturated/α-hetero) is 1. The first-order valence-corrected chi connectivity index (χ1v) is 5.34. The Hall–Kier alpha value is -2.44. The van der Waals surface area contributed by atoms with Gasteiger partial charge in [0.05, 0.1) is 6.42 Å². The van der Waals surface area contributed by atoms with Crippen molar-refractivity contribution < 1.29 is 29.0 Å². The molecule has 7 heteroatoms. The van der Waals surface area contributed by atoms with Crippen LogP contribution in [0, 0.1) is 0 Å². The largest absolute Gasteiger partial charge is 0.508 e. The summed E-state index contributed by atoms with van der Waals surface area (Å²) < 4.78 is 12.3. The molecule has 6 nitrogen and oxygen atoms in total. The Morgan fingerprint density at radius 2 is 2.00 bits per heavy atom. The van der Waals surface area contributed by atoms with E-state index in [1.54, 1.807) is 0 Å². The quantitative estimate of drug-likeness (QED) is 0.697. The van der Waals surface area contributed by atoms with E-state index in [2.05, 4.69) is 5.32 Å². The summed E-state index contributed by atoms with van der Waals surface area (Å²) in [4.78, 5) is 33.4. The van der Waals surface area contributed by atoms with Crippen LogP contribution in [0.5, 0.6) is 5.75 Å². The second-order valence-electron chi connectivity index (χ2n) is 3.77. The van der Waals surface area contributed by atoms with E-state index < -0.39 is 36.8 Å². The Morgan fingerprint density at radius 3 is 2.53 bits per heavy atom. The number of hydrogen-bond donors (Lipinski definition) is 3. The van der Waals surface area contributed by atoms with Gasteiger partial charge in [-0.3, -0.25) is 14.4 Å². The van der Waals surface area contributed by atoms with Gasteiger partial charge in [0.2, 0.25) is 0 Å². The highest BCUT2D eigenvalue weighted by Gasteiger charge is 2.23. The van der Waals surface area contributed by atoms with Gasteiger partial charge in [0.15, 0.2) is 5.78 Å². The van der Waals surface area contributed by atoms with Crippen molar-refractivity contribution in [2.45, 2.75) is 12.5 Å². The van der Waals surface area contributed by atoms with Crippen molar-refractivity contribution in [3.05, 3.63) is 29.8 Å². The molecular formula is C12H12FNO5. The highest BCUT2D eigenvalue weighted by molar-refractivity contribution is 5.99. The summed E-state index contributed by atoms with van der Waals surface area (Å²) in [5.41, 5.74) is 0.0436. The number of carbonyl (C=O) groups is 3. The lowest BCUT2D eigenvalue weighted by molar-refractivity contribution is -0.139. The molecule has 0 fully saturated rings. The molecule has 1 unspecified atom stereocenters. The van der Waals surface area contributed by atoms with Crippen molar-refractivity contribution in [3.8, 4) is 5.75 Å². The number of ketones is 1. The molecule has 1 atom stereocenters. The lowest BCUT2D eigenvalue weighted by atomic mass is 10.1. The molecule has 0 bridgehead atoms. The van der Waals surface area contributed by atoms with Gasteiger partial charge in [0, 0.05) is 5.56 Å². The zero-order valence-corrected chi connectivity index (χ0v) is 9.80. The Labute approximate surface area is 107 Å². The molecule has 19 heavy (non-hydrogen) atoms. The maximum Gasteiger partial charge on any atom is 0.305 e. The molecule has 0 saturated carbocycles. The third kappa shape index (κ3) is 4.38. The van der Waals surface area contributed by atoms with Crippen LogP contribution in [0.15, 0.2) is 24.3 Å². The van der Waals surface area contributed by atoms with E-state index >= 15 is 0 Å². The summed E-state index contributed by atoms with van der Waals surface area (Å²) >= 11 is 0. The topological polar surface area (TPSA) is 104 Å². The molecule has 0 radical (unpaired) electrons. The molecule has 0 heterocycles. The third-order valence-corrected chi connectivity index (χ3v) is 2.31. The molecule has 1 aromatic carbocycles. The number of phenols is 1. The average Bonchev–Trinajstić information content (AvgIpc) is 2.36. The van der Waals surface area contributed by atoms with Crippen LogP contribution in [0.2, 0.25) is 0 Å². The smallest absolute Gasteiger partial charge is 0.305 e. The highest BCUT2D eigenvalue weighted by atomic mass is 19.1. The molecule has 3 N–H and O–H groups in total. The van der Waals surface area contributed by atoms with E-state index in [4.69, 9.17) is 5.11 Å². The number of amides is 1. The summed E-state index contributed by atoms with van der Waals surface area (Å²) in [7, 11) is 0. The van der Waals surface area contributed by atoms with Crippen molar-refractivity contribution in [2.75, 3.05) is 6.67 Å². The average molecular weight is 269 g/mol. The molecule has 1 aromatic rings. The fourth-order valence-electron chi connectivity index (χ4n) is 1.40. The predicted octanol–water partition coefficient (Wildman–Crippen LogP) is 0.504. The van der Waals surface area contributed by atoms with Crippen LogP contribution in [0.1, 0.15) is 16.8 Å². The Bertz CT molecular complexity index is 503. The van der Waals surface area contributed by atoms with Gasteiger partial charge in [-0.05, 0) is 18.2 Å². The second kappa shape index (κ2) is 6.48. The SMILES string of the molecule is O=C(O)CC(NC(=O)c1cccc(O)c1)C(=O)CF. The summed E-state index contributed by atoms with van der Waals surface area (Å²) in [5.74, 6) is -3.26. The van der Waals surface area contributed by atoms with Gasteiger partial charge < -0.3 is 15.5 Å². The zero-order valence-electron chi connectivity index (χ0n) is 9.80. The Kier molecular flexibility index (Phi) is 4.99. The van der Waals surface area contributed by atoms with Gasteiger partial charge in [-0.2, -0.15) is 0 Å². The molecule has 1 amide bonds. The van der Waals surface area contributed by atoms with Crippen LogP contribution in [0.3, 0.4) is 0 Å². The number of carbonyl (C=O) groups excluding carboxylic acids is 2. The van der Waals surface area contributed by atoms with Gasteiger partial charge in [0.1, 0.15) is 18.5 Å². The minimum atomic E-state index is -1.43. The first-order chi connectivity index (χ1) is 8.93. The normalized spacial score (nSPS) is 11.6. The number of aliphatic carboxylic acids is 1. The van der Waals surface area contributed by atoms with Gasteiger partial charge in [0.25, 0.3) is 5.91 Å². The Balaban J connectivity index is 2.81. The zero-order chi connectivity index (χ0) is 14.4. The van der Waals surface area contributed by atoms with Crippen LogP contribution >= 0.6 is 0 Å².